The van der Waals surface area contributed by atoms with E-state index in [1.165, 1.54) is 0 Å². The molecule has 3 aromatic rings. The van der Waals surface area contributed by atoms with Gasteiger partial charge in [-0.1, -0.05) is 18.2 Å². The number of furan rings is 1. The molecule has 0 saturated heterocycles. The third-order valence-corrected chi connectivity index (χ3v) is 4.70. The van der Waals surface area contributed by atoms with Crippen LogP contribution in [0.1, 0.15) is 36.1 Å². The Bertz CT molecular complexity index is 1030. The van der Waals surface area contributed by atoms with E-state index in [2.05, 4.69) is 5.32 Å². The van der Waals surface area contributed by atoms with Crippen LogP contribution in [-0.4, -0.2) is 12.5 Å². The van der Waals surface area contributed by atoms with Crippen LogP contribution in [0.15, 0.2) is 47.1 Å². The summed E-state index contributed by atoms with van der Waals surface area (Å²) in [6.45, 7) is 10.4. The van der Waals surface area contributed by atoms with E-state index in [0.29, 0.717) is 6.61 Å². The molecule has 0 aliphatic heterocycles. The maximum atomic E-state index is 12.5. The average Bonchev–Trinajstić information content (AvgIpc) is 3.00. The third-order valence-electron chi connectivity index (χ3n) is 4.70. The molecule has 3 rings (SSSR count). The van der Waals surface area contributed by atoms with Crippen molar-refractivity contribution in [3.05, 3.63) is 64.9 Å². The number of rotatable bonds is 5. The number of nitrogens with one attached hydrogen (secondary N) is 1. The number of allylic oxidation sites excluding steroid dienone is 1. The molecular formula is C23H25NO3. The van der Waals surface area contributed by atoms with Crippen molar-refractivity contribution in [2.75, 3.05) is 11.9 Å². The zero-order valence-corrected chi connectivity index (χ0v) is 16.5. The molecule has 27 heavy (non-hydrogen) atoms. The number of fused-ring (bicyclic) bond motifs is 1. The molecule has 0 unspecified atom stereocenters. The fourth-order valence-corrected chi connectivity index (χ4v) is 3.22. The molecular weight excluding hydrogens is 338 g/mol. The number of hydrogen-bond donors (Lipinski definition) is 1. The van der Waals surface area contributed by atoms with Gasteiger partial charge in [0.15, 0.2) is 0 Å². The zero-order chi connectivity index (χ0) is 19.6. The second-order valence-electron chi connectivity index (χ2n) is 6.74. The molecule has 1 heterocycles. The number of ether oxygens (including phenoxy) is 1. The predicted molar refractivity (Wildman–Crippen MR) is 110 cm³/mol. The summed E-state index contributed by atoms with van der Waals surface area (Å²) in [7, 11) is 0. The van der Waals surface area contributed by atoms with Crippen LogP contribution in [-0.2, 0) is 4.79 Å². The molecule has 4 heteroatoms. The van der Waals surface area contributed by atoms with E-state index < -0.39 is 0 Å². The maximum Gasteiger partial charge on any atom is 0.248 e. The smallest absolute Gasteiger partial charge is 0.248 e. The largest absolute Gasteiger partial charge is 0.493 e. The van der Waals surface area contributed by atoms with Gasteiger partial charge in [0.1, 0.15) is 11.3 Å². The van der Waals surface area contributed by atoms with Crippen molar-refractivity contribution in [2.45, 2.75) is 34.6 Å². The molecule has 2 aromatic carbocycles. The van der Waals surface area contributed by atoms with E-state index in [4.69, 9.17) is 9.15 Å². The minimum absolute atomic E-state index is 0.161. The SMILES string of the molecule is CCOc1c(/C(C)=C/C(=O)Nc2ccccc2C)cc2c(C)coc2c1C. The van der Waals surface area contributed by atoms with E-state index in [1.807, 2.05) is 65.0 Å². The Morgan fingerprint density at radius 3 is 2.63 bits per heavy atom. The lowest BCUT2D eigenvalue weighted by Crippen LogP contribution is -2.10. The summed E-state index contributed by atoms with van der Waals surface area (Å²) in [6, 6.07) is 9.77. The molecule has 1 aromatic heterocycles. The molecule has 0 spiro atoms. The first kappa shape index (κ1) is 18.8. The Balaban J connectivity index is 2.00. The lowest BCUT2D eigenvalue weighted by atomic mass is 9.98. The number of aryl methyl sites for hydroxylation is 3. The van der Waals surface area contributed by atoms with Gasteiger partial charge < -0.3 is 14.5 Å². The van der Waals surface area contributed by atoms with Crippen molar-refractivity contribution in [1.29, 1.82) is 0 Å². The Labute approximate surface area is 159 Å². The van der Waals surface area contributed by atoms with Gasteiger partial charge in [-0.2, -0.15) is 0 Å². The van der Waals surface area contributed by atoms with Crippen molar-refractivity contribution in [3.8, 4) is 5.75 Å². The Morgan fingerprint density at radius 2 is 1.93 bits per heavy atom. The maximum absolute atomic E-state index is 12.5. The molecule has 0 bridgehead atoms. The Morgan fingerprint density at radius 1 is 1.19 bits per heavy atom. The molecule has 0 atom stereocenters. The summed E-state index contributed by atoms with van der Waals surface area (Å²) >= 11 is 0. The van der Waals surface area contributed by atoms with Crippen LogP contribution < -0.4 is 10.1 Å². The summed E-state index contributed by atoms with van der Waals surface area (Å²) in [5, 5.41) is 3.99. The van der Waals surface area contributed by atoms with E-state index in [1.54, 1.807) is 12.3 Å². The fourth-order valence-electron chi connectivity index (χ4n) is 3.22. The van der Waals surface area contributed by atoms with E-state index in [0.717, 1.165) is 50.2 Å². The molecule has 4 nitrogen and oxygen atoms in total. The standard InChI is InChI=1S/C23H25NO3/c1-6-26-22-17(5)23-19(16(4)13-27-23)12-18(22)15(3)11-21(25)24-20-10-8-7-9-14(20)2/h7-13H,6H2,1-5H3,(H,24,25)/b15-11+. The summed E-state index contributed by atoms with van der Waals surface area (Å²) < 4.78 is 11.6. The monoisotopic (exact) mass is 363 g/mol. The second-order valence-corrected chi connectivity index (χ2v) is 6.74. The highest BCUT2D eigenvalue weighted by Gasteiger charge is 2.17. The normalized spacial score (nSPS) is 11.7. The Hall–Kier alpha value is -3.01. The van der Waals surface area contributed by atoms with Crippen LogP contribution in [0.2, 0.25) is 0 Å². The molecule has 0 aliphatic carbocycles. The van der Waals surface area contributed by atoms with Gasteiger partial charge in [0.25, 0.3) is 0 Å². The predicted octanol–water partition coefficient (Wildman–Crippen LogP) is 5.80. The number of carbonyl (C=O) groups excluding carboxylic acids is 1. The fraction of sp³-hybridized carbons (Fsp3) is 0.261. The van der Waals surface area contributed by atoms with Crippen molar-refractivity contribution >= 4 is 28.1 Å². The first-order chi connectivity index (χ1) is 12.9. The van der Waals surface area contributed by atoms with Crippen LogP contribution in [0.25, 0.3) is 16.5 Å². The minimum Gasteiger partial charge on any atom is -0.493 e. The molecule has 1 N–H and O–H groups in total. The molecule has 140 valence electrons. The number of para-hydroxylation sites is 1. The van der Waals surface area contributed by atoms with E-state index in [-0.39, 0.29) is 5.91 Å². The molecule has 1 amide bonds. The van der Waals surface area contributed by atoms with Gasteiger partial charge in [-0.3, -0.25) is 4.79 Å². The number of anilines is 1. The number of amides is 1. The quantitative estimate of drug-likeness (QED) is 0.583. The highest BCUT2D eigenvalue weighted by Crippen LogP contribution is 2.37. The highest BCUT2D eigenvalue weighted by molar-refractivity contribution is 6.05. The lowest BCUT2D eigenvalue weighted by molar-refractivity contribution is -0.111. The molecule has 0 radical (unpaired) electrons. The van der Waals surface area contributed by atoms with Crippen LogP contribution >= 0.6 is 0 Å². The van der Waals surface area contributed by atoms with Gasteiger partial charge in [0.2, 0.25) is 5.91 Å². The summed E-state index contributed by atoms with van der Waals surface area (Å²) in [5.41, 5.74) is 6.43. The van der Waals surface area contributed by atoms with Gasteiger partial charge in [-0.15, -0.1) is 0 Å². The third kappa shape index (κ3) is 3.75. The van der Waals surface area contributed by atoms with E-state index >= 15 is 0 Å². The van der Waals surface area contributed by atoms with Crippen molar-refractivity contribution in [2.24, 2.45) is 0 Å². The van der Waals surface area contributed by atoms with Crippen LogP contribution in [0.3, 0.4) is 0 Å². The zero-order valence-electron chi connectivity index (χ0n) is 16.5. The lowest BCUT2D eigenvalue weighted by Gasteiger charge is -2.15. The first-order valence-electron chi connectivity index (χ1n) is 9.11. The number of carbonyl (C=O) groups is 1. The van der Waals surface area contributed by atoms with Crippen molar-refractivity contribution in [3.63, 3.8) is 0 Å². The summed E-state index contributed by atoms with van der Waals surface area (Å²) in [4.78, 5) is 12.5. The minimum atomic E-state index is -0.161. The van der Waals surface area contributed by atoms with Crippen molar-refractivity contribution < 1.29 is 13.9 Å². The van der Waals surface area contributed by atoms with Gasteiger partial charge in [0, 0.05) is 28.3 Å². The first-order valence-corrected chi connectivity index (χ1v) is 9.11. The van der Waals surface area contributed by atoms with Crippen molar-refractivity contribution in [1.82, 2.24) is 0 Å². The number of benzene rings is 2. The average molecular weight is 363 g/mol. The summed E-state index contributed by atoms with van der Waals surface area (Å²) in [5.74, 6) is 0.600. The molecule has 0 aliphatic rings. The summed E-state index contributed by atoms with van der Waals surface area (Å²) in [6.07, 6.45) is 3.37. The van der Waals surface area contributed by atoms with E-state index in [9.17, 15) is 4.79 Å². The molecule has 0 saturated carbocycles. The highest BCUT2D eigenvalue weighted by atomic mass is 16.5. The van der Waals surface area contributed by atoms with Crippen LogP contribution in [0.5, 0.6) is 5.75 Å². The van der Waals surface area contributed by atoms with Crippen LogP contribution in [0.4, 0.5) is 5.69 Å². The number of hydrogen-bond acceptors (Lipinski definition) is 3. The topological polar surface area (TPSA) is 51.5 Å². The second kappa shape index (κ2) is 7.70. The molecule has 0 fully saturated rings. The van der Waals surface area contributed by atoms with Gasteiger partial charge >= 0.3 is 0 Å². The van der Waals surface area contributed by atoms with Gasteiger partial charge in [-0.05, 0) is 63.5 Å². The Kier molecular flexibility index (Phi) is 5.36. The van der Waals surface area contributed by atoms with Crippen LogP contribution in [0, 0.1) is 20.8 Å². The van der Waals surface area contributed by atoms with Gasteiger partial charge in [-0.25, -0.2) is 0 Å². The van der Waals surface area contributed by atoms with Gasteiger partial charge in [0.05, 0.1) is 12.9 Å².